The fourth-order valence-corrected chi connectivity index (χ4v) is 3.48. The summed E-state index contributed by atoms with van der Waals surface area (Å²) in [5.41, 5.74) is 5.79. The zero-order valence-corrected chi connectivity index (χ0v) is 13.7. The molecule has 0 radical (unpaired) electrons. The summed E-state index contributed by atoms with van der Waals surface area (Å²) in [6.45, 7) is 0. The molecule has 0 amide bonds. The highest BCUT2D eigenvalue weighted by molar-refractivity contribution is 5.91. The number of nitrogens with one attached hydrogen (secondary N) is 2. The SMILES string of the molecule is C1=c2ccccc2=[NH+]/C1=C(\c1ccccc1)c1cc2ccccc2[nH]1. The number of H-pyrrole nitrogens is 1. The van der Waals surface area contributed by atoms with E-state index >= 15 is 0 Å². The van der Waals surface area contributed by atoms with Crippen molar-refractivity contribution in [1.82, 2.24) is 4.98 Å². The molecule has 2 heterocycles. The Morgan fingerprint density at radius 2 is 1.52 bits per heavy atom. The van der Waals surface area contributed by atoms with Crippen molar-refractivity contribution in [2.24, 2.45) is 0 Å². The van der Waals surface area contributed by atoms with Crippen LogP contribution in [0.25, 0.3) is 22.6 Å². The van der Waals surface area contributed by atoms with E-state index in [0.29, 0.717) is 0 Å². The second-order valence-electron chi connectivity index (χ2n) is 6.28. The van der Waals surface area contributed by atoms with Gasteiger partial charge in [-0.1, -0.05) is 60.7 Å². The molecule has 4 aromatic rings. The molecular weight excluding hydrogens is 304 g/mol. The molecule has 0 fully saturated rings. The maximum atomic E-state index is 3.58. The molecule has 5 rings (SSSR count). The van der Waals surface area contributed by atoms with Crippen LogP contribution in [0, 0.1) is 0 Å². The number of hydrogen-bond acceptors (Lipinski definition) is 0. The van der Waals surface area contributed by atoms with Crippen LogP contribution in [-0.2, 0) is 0 Å². The lowest BCUT2D eigenvalue weighted by Crippen LogP contribution is -2.74. The minimum atomic E-state index is 1.12. The van der Waals surface area contributed by atoms with Gasteiger partial charge in [-0.25, -0.2) is 4.99 Å². The van der Waals surface area contributed by atoms with Gasteiger partial charge in [0, 0.05) is 23.0 Å². The zero-order valence-electron chi connectivity index (χ0n) is 13.7. The lowest BCUT2D eigenvalue weighted by atomic mass is 10.0. The Labute approximate surface area is 145 Å². The second-order valence-corrected chi connectivity index (χ2v) is 6.28. The molecule has 0 saturated heterocycles. The average molecular weight is 321 g/mol. The molecule has 1 aliphatic heterocycles. The summed E-state index contributed by atoms with van der Waals surface area (Å²) in [4.78, 5) is 7.16. The van der Waals surface area contributed by atoms with Gasteiger partial charge >= 0.3 is 0 Å². The van der Waals surface area contributed by atoms with Crippen molar-refractivity contribution in [1.29, 1.82) is 0 Å². The van der Waals surface area contributed by atoms with Gasteiger partial charge in [0.25, 0.3) is 0 Å². The fourth-order valence-electron chi connectivity index (χ4n) is 3.48. The first kappa shape index (κ1) is 14.0. The lowest BCUT2D eigenvalue weighted by molar-refractivity contribution is -0.430. The number of aromatic amines is 1. The van der Waals surface area contributed by atoms with E-state index in [9.17, 15) is 0 Å². The van der Waals surface area contributed by atoms with E-state index < -0.39 is 0 Å². The smallest absolute Gasteiger partial charge is 0.214 e. The molecule has 0 atom stereocenters. The van der Waals surface area contributed by atoms with Crippen LogP contribution in [0.4, 0.5) is 0 Å². The van der Waals surface area contributed by atoms with Crippen LogP contribution in [0.3, 0.4) is 0 Å². The minimum Gasteiger partial charge on any atom is -0.354 e. The number of fused-ring (bicyclic) bond motifs is 2. The summed E-state index contributed by atoms with van der Waals surface area (Å²) in [6.07, 6.45) is 2.23. The van der Waals surface area contributed by atoms with Crippen LogP contribution in [-0.4, -0.2) is 4.98 Å². The normalized spacial score (nSPS) is 14.7. The summed E-state index contributed by atoms with van der Waals surface area (Å²) in [7, 11) is 0. The molecule has 1 aromatic heterocycles. The molecule has 0 bridgehead atoms. The molecule has 2 heteroatoms. The third-order valence-electron chi connectivity index (χ3n) is 4.66. The lowest BCUT2D eigenvalue weighted by Gasteiger charge is -2.05. The summed E-state index contributed by atoms with van der Waals surface area (Å²) in [6, 6.07) is 29.6. The van der Waals surface area contributed by atoms with Crippen molar-refractivity contribution in [2.75, 3.05) is 0 Å². The highest BCUT2D eigenvalue weighted by Gasteiger charge is 2.19. The van der Waals surface area contributed by atoms with E-state index in [1.165, 1.54) is 21.7 Å². The van der Waals surface area contributed by atoms with Crippen molar-refractivity contribution in [2.45, 2.75) is 0 Å². The maximum Gasteiger partial charge on any atom is 0.214 e. The van der Waals surface area contributed by atoms with Gasteiger partial charge in [-0.05, 0) is 23.8 Å². The van der Waals surface area contributed by atoms with Crippen LogP contribution in [0.1, 0.15) is 11.3 Å². The molecule has 25 heavy (non-hydrogen) atoms. The van der Waals surface area contributed by atoms with Crippen molar-refractivity contribution in [3.05, 3.63) is 112 Å². The van der Waals surface area contributed by atoms with E-state index in [1.54, 1.807) is 0 Å². The number of hydrogen-bond donors (Lipinski definition) is 2. The maximum absolute atomic E-state index is 3.58. The van der Waals surface area contributed by atoms with Gasteiger partial charge in [0.15, 0.2) is 0 Å². The predicted molar refractivity (Wildman–Crippen MR) is 101 cm³/mol. The molecule has 0 spiro atoms. The van der Waals surface area contributed by atoms with Gasteiger partial charge in [0.2, 0.25) is 11.1 Å². The Balaban J connectivity index is 1.82. The molecule has 3 aromatic carbocycles. The first-order valence-corrected chi connectivity index (χ1v) is 8.47. The van der Waals surface area contributed by atoms with Crippen LogP contribution in [0.2, 0.25) is 0 Å². The summed E-state index contributed by atoms with van der Waals surface area (Å²) in [5.74, 6) is 0. The van der Waals surface area contributed by atoms with Gasteiger partial charge in [0.05, 0.1) is 16.5 Å². The van der Waals surface area contributed by atoms with E-state index in [1.807, 2.05) is 0 Å². The molecule has 0 saturated carbocycles. The van der Waals surface area contributed by atoms with Gasteiger partial charge in [0.1, 0.15) is 0 Å². The standard InChI is InChI=1S/C23H16N2/c1-2-8-16(9-3-1)23(21-14-17-10-4-6-12-19(17)24-21)22-15-18-11-5-7-13-20(18)25-22/h1-15,24H/p+1/b23-22+. The van der Waals surface area contributed by atoms with Crippen LogP contribution in [0.5, 0.6) is 0 Å². The minimum absolute atomic E-state index is 1.12. The van der Waals surface area contributed by atoms with Gasteiger partial charge < -0.3 is 4.98 Å². The zero-order chi connectivity index (χ0) is 16.6. The molecule has 118 valence electrons. The molecular formula is C23H17N2+. The van der Waals surface area contributed by atoms with Crippen LogP contribution < -0.4 is 15.6 Å². The first-order chi connectivity index (χ1) is 12.4. The highest BCUT2D eigenvalue weighted by Crippen LogP contribution is 2.27. The average Bonchev–Trinajstić information content (AvgIpc) is 3.26. The summed E-state index contributed by atoms with van der Waals surface area (Å²) >= 11 is 0. The van der Waals surface area contributed by atoms with E-state index in [4.69, 9.17) is 0 Å². The number of benzene rings is 3. The monoisotopic (exact) mass is 321 g/mol. The first-order valence-electron chi connectivity index (χ1n) is 8.47. The number of para-hydroxylation sites is 2. The third-order valence-corrected chi connectivity index (χ3v) is 4.66. The van der Waals surface area contributed by atoms with Crippen molar-refractivity contribution < 1.29 is 4.99 Å². The van der Waals surface area contributed by atoms with E-state index in [2.05, 4.69) is 101 Å². The van der Waals surface area contributed by atoms with Gasteiger partial charge in [-0.2, -0.15) is 0 Å². The Hall–Kier alpha value is -3.39. The molecule has 2 N–H and O–H groups in total. The van der Waals surface area contributed by atoms with Crippen LogP contribution in [0.15, 0.2) is 90.6 Å². The van der Waals surface area contributed by atoms with Gasteiger partial charge in [-0.15, -0.1) is 0 Å². The molecule has 0 unspecified atom stereocenters. The number of aromatic nitrogens is 1. The Bertz CT molecular complexity index is 1160. The number of allylic oxidation sites excluding steroid dienone is 1. The summed E-state index contributed by atoms with van der Waals surface area (Å²) in [5, 5.41) is 3.60. The van der Waals surface area contributed by atoms with Crippen LogP contribution >= 0.6 is 0 Å². The Morgan fingerprint density at radius 3 is 2.36 bits per heavy atom. The molecule has 1 aliphatic rings. The largest absolute Gasteiger partial charge is 0.354 e. The topological polar surface area (TPSA) is 29.8 Å². The van der Waals surface area contributed by atoms with Crippen molar-refractivity contribution >= 4 is 22.6 Å². The van der Waals surface area contributed by atoms with E-state index in [-0.39, 0.29) is 0 Å². The number of rotatable bonds is 2. The van der Waals surface area contributed by atoms with Gasteiger partial charge in [-0.3, -0.25) is 0 Å². The van der Waals surface area contributed by atoms with Crippen molar-refractivity contribution in [3.63, 3.8) is 0 Å². The predicted octanol–water partition coefficient (Wildman–Crippen LogP) is 2.12. The quantitative estimate of drug-likeness (QED) is 0.566. The van der Waals surface area contributed by atoms with E-state index in [0.717, 1.165) is 22.3 Å². The Kier molecular flexibility index (Phi) is 3.14. The fraction of sp³-hybridized carbons (Fsp3) is 0. The van der Waals surface area contributed by atoms with Crippen molar-refractivity contribution in [3.8, 4) is 0 Å². The summed E-state index contributed by atoms with van der Waals surface area (Å²) < 4.78 is 0. The molecule has 2 nitrogen and oxygen atoms in total. The highest BCUT2D eigenvalue weighted by atomic mass is 14.8. The third kappa shape index (κ3) is 2.39. The Morgan fingerprint density at radius 1 is 0.760 bits per heavy atom. The molecule has 0 aliphatic carbocycles. The second kappa shape index (κ2) is 5.60.